The molecular formula is C40H55N5O4. The van der Waals surface area contributed by atoms with Crippen molar-refractivity contribution >= 4 is 11.6 Å². The minimum atomic E-state index is -0.154. The summed E-state index contributed by atoms with van der Waals surface area (Å²) in [7, 11) is 0. The van der Waals surface area contributed by atoms with Crippen LogP contribution in [0.4, 0.5) is 5.69 Å². The molecule has 0 spiro atoms. The van der Waals surface area contributed by atoms with Crippen LogP contribution >= 0.6 is 0 Å². The fraction of sp³-hybridized carbons (Fsp3) is 0.550. The van der Waals surface area contributed by atoms with Gasteiger partial charge in [0.15, 0.2) is 0 Å². The Balaban J connectivity index is 1.29. The molecule has 3 aliphatic heterocycles. The predicted molar refractivity (Wildman–Crippen MR) is 196 cm³/mol. The van der Waals surface area contributed by atoms with Crippen molar-refractivity contribution in [2.75, 3.05) is 64.1 Å². The van der Waals surface area contributed by atoms with E-state index in [1.807, 2.05) is 13.0 Å². The highest BCUT2D eigenvalue weighted by molar-refractivity contribution is 5.99. The Labute approximate surface area is 292 Å². The molecule has 9 nitrogen and oxygen atoms in total. The number of nitrogens with one attached hydrogen (secondary N) is 2. The summed E-state index contributed by atoms with van der Waals surface area (Å²) in [5.74, 6) is 0.425. The summed E-state index contributed by atoms with van der Waals surface area (Å²) in [5.41, 5.74) is 9.87. The Morgan fingerprint density at radius 1 is 0.959 bits per heavy atom. The molecule has 9 heteroatoms. The van der Waals surface area contributed by atoms with Crippen molar-refractivity contribution in [1.82, 2.24) is 20.1 Å². The number of morpholine rings is 1. The topological polar surface area (TPSA) is 90.1 Å². The van der Waals surface area contributed by atoms with Gasteiger partial charge < -0.3 is 24.7 Å². The average molecular weight is 670 g/mol. The van der Waals surface area contributed by atoms with E-state index in [9.17, 15) is 9.59 Å². The molecule has 0 unspecified atom stereocenters. The number of carbonyl (C=O) groups excluding carboxylic acids is 1. The van der Waals surface area contributed by atoms with Crippen molar-refractivity contribution in [3.8, 4) is 11.1 Å². The maximum absolute atomic E-state index is 14.2. The van der Waals surface area contributed by atoms with Crippen LogP contribution in [-0.4, -0.2) is 85.9 Å². The summed E-state index contributed by atoms with van der Waals surface area (Å²) >= 11 is 0. The SMILES string of the molecule is CCN(c1cc(-c2ccc(CN3CCOCC3)cc2)cc(C(=O)NCc2c3c(c(C)[nH]c2=O)CN(CC(C)C)CC3)c1C)C1CCOCC1. The van der Waals surface area contributed by atoms with Crippen molar-refractivity contribution in [2.24, 2.45) is 5.92 Å². The van der Waals surface area contributed by atoms with E-state index in [0.29, 0.717) is 23.1 Å². The number of hydrogen-bond acceptors (Lipinski definition) is 7. The summed E-state index contributed by atoms with van der Waals surface area (Å²) in [4.78, 5) is 37.9. The van der Waals surface area contributed by atoms with E-state index in [2.05, 4.69) is 83.0 Å². The van der Waals surface area contributed by atoms with Gasteiger partial charge in [-0.1, -0.05) is 38.1 Å². The van der Waals surface area contributed by atoms with Crippen molar-refractivity contribution < 1.29 is 14.3 Å². The van der Waals surface area contributed by atoms with Gasteiger partial charge in [0, 0.05) is 94.1 Å². The van der Waals surface area contributed by atoms with Crippen LogP contribution in [0.3, 0.4) is 0 Å². The molecule has 6 rings (SSSR count). The first-order valence-electron chi connectivity index (χ1n) is 18.3. The second-order valence-electron chi connectivity index (χ2n) is 14.5. The molecule has 2 saturated heterocycles. The van der Waals surface area contributed by atoms with Gasteiger partial charge in [-0.15, -0.1) is 0 Å². The lowest BCUT2D eigenvalue weighted by Gasteiger charge is -2.37. The van der Waals surface area contributed by atoms with Crippen LogP contribution in [-0.2, 0) is 35.5 Å². The number of pyridine rings is 1. The van der Waals surface area contributed by atoms with Crippen LogP contribution in [0.1, 0.15) is 77.5 Å². The molecule has 2 fully saturated rings. The molecule has 0 saturated carbocycles. The van der Waals surface area contributed by atoms with E-state index in [-0.39, 0.29) is 18.0 Å². The second-order valence-corrected chi connectivity index (χ2v) is 14.5. The zero-order valence-electron chi connectivity index (χ0n) is 30.2. The van der Waals surface area contributed by atoms with Gasteiger partial charge in [0.05, 0.1) is 13.2 Å². The first-order valence-corrected chi connectivity index (χ1v) is 18.3. The number of H-pyrrole nitrogens is 1. The Kier molecular flexibility index (Phi) is 11.6. The highest BCUT2D eigenvalue weighted by Gasteiger charge is 2.27. The van der Waals surface area contributed by atoms with Crippen LogP contribution < -0.4 is 15.8 Å². The van der Waals surface area contributed by atoms with Crippen molar-refractivity contribution in [3.05, 3.63) is 85.8 Å². The van der Waals surface area contributed by atoms with Gasteiger partial charge >= 0.3 is 0 Å². The fourth-order valence-corrected chi connectivity index (χ4v) is 7.92. The Morgan fingerprint density at radius 3 is 2.37 bits per heavy atom. The molecule has 264 valence electrons. The normalized spacial score (nSPS) is 17.7. The third-order valence-corrected chi connectivity index (χ3v) is 10.6. The Hall–Kier alpha value is -3.50. The zero-order valence-corrected chi connectivity index (χ0v) is 30.2. The number of carbonyl (C=O) groups is 1. The number of aromatic amines is 1. The molecule has 3 aliphatic rings. The minimum absolute atomic E-state index is 0.103. The lowest BCUT2D eigenvalue weighted by atomic mass is 9.93. The third kappa shape index (κ3) is 8.28. The average Bonchev–Trinajstić information content (AvgIpc) is 3.10. The van der Waals surface area contributed by atoms with Gasteiger partial charge in [0.1, 0.15) is 0 Å². The molecule has 0 aliphatic carbocycles. The number of anilines is 1. The van der Waals surface area contributed by atoms with Crippen LogP contribution in [0.2, 0.25) is 0 Å². The van der Waals surface area contributed by atoms with Crippen molar-refractivity contribution in [3.63, 3.8) is 0 Å². The molecule has 0 radical (unpaired) electrons. The zero-order chi connectivity index (χ0) is 34.5. The second kappa shape index (κ2) is 16.0. The van der Waals surface area contributed by atoms with E-state index in [1.165, 1.54) is 11.1 Å². The largest absolute Gasteiger partial charge is 0.381 e. The standard InChI is InChI=1S/C40H55N5O4/c1-6-45(33-12-17-48-18-13-33)38-22-32(31-9-7-30(8-10-31)25-43-15-19-49-20-16-43)21-35(28(38)4)39(46)41-23-36-34-11-14-44(24-27(2)3)26-37(34)29(5)42-40(36)47/h7-10,21-22,27,33H,6,11-20,23-26H2,1-5H3,(H,41,46)(H,42,47). The fourth-order valence-electron chi connectivity index (χ4n) is 7.92. The summed E-state index contributed by atoms with van der Waals surface area (Å²) in [6.45, 7) is 20.4. The van der Waals surface area contributed by atoms with Crippen molar-refractivity contribution in [2.45, 2.75) is 79.6 Å². The summed E-state index contributed by atoms with van der Waals surface area (Å²) in [6.07, 6.45) is 2.74. The molecule has 49 heavy (non-hydrogen) atoms. The monoisotopic (exact) mass is 669 g/mol. The molecule has 1 aromatic heterocycles. The highest BCUT2D eigenvalue weighted by atomic mass is 16.5. The van der Waals surface area contributed by atoms with Gasteiger partial charge in [0.2, 0.25) is 0 Å². The lowest BCUT2D eigenvalue weighted by molar-refractivity contribution is 0.0342. The minimum Gasteiger partial charge on any atom is -0.381 e. The van der Waals surface area contributed by atoms with Crippen LogP contribution in [0.15, 0.2) is 41.2 Å². The Bertz CT molecular complexity index is 1650. The van der Waals surface area contributed by atoms with Crippen LogP contribution in [0.25, 0.3) is 11.1 Å². The molecule has 2 N–H and O–H groups in total. The Morgan fingerprint density at radius 2 is 1.67 bits per heavy atom. The van der Waals surface area contributed by atoms with Gasteiger partial charge in [-0.2, -0.15) is 0 Å². The first-order chi connectivity index (χ1) is 23.7. The number of nitrogens with zero attached hydrogens (tertiary/aromatic N) is 3. The molecule has 2 aromatic carbocycles. The summed E-state index contributed by atoms with van der Waals surface area (Å²) in [5, 5.41) is 3.18. The van der Waals surface area contributed by atoms with Gasteiger partial charge in [-0.05, 0) is 91.5 Å². The molecule has 4 heterocycles. The van der Waals surface area contributed by atoms with Crippen LogP contribution in [0, 0.1) is 19.8 Å². The highest BCUT2D eigenvalue weighted by Crippen LogP contribution is 2.34. The molecule has 0 bridgehead atoms. The van der Waals surface area contributed by atoms with Crippen LogP contribution in [0.5, 0.6) is 0 Å². The van der Waals surface area contributed by atoms with Gasteiger partial charge in [-0.25, -0.2) is 0 Å². The quantitative estimate of drug-likeness (QED) is 0.281. The van der Waals surface area contributed by atoms with E-state index < -0.39 is 0 Å². The maximum Gasteiger partial charge on any atom is 0.253 e. The summed E-state index contributed by atoms with van der Waals surface area (Å²) in [6, 6.07) is 13.4. The number of ether oxygens (including phenoxy) is 2. The van der Waals surface area contributed by atoms with Crippen molar-refractivity contribution in [1.29, 1.82) is 0 Å². The number of aromatic nitrogens is 1. The lowest BCUT2D eigenvalue weighted by Crippen LogP contribution is -2.40. The summed E-state index contributed by atoms with van der Waals surface area (Å²) < 4.78 is 11.2. The third-order valence-electron chi connectivity index (χ3n) is 10.6. The number of fused-ring (bicyclic) bond motifs is 1. The molecule has 0 atom stereocenters. The van der Waals surface area contributed by atoms with E-state index >= 15 is 0 Å². The molecule has 3 aromatic rings. The number of rotatable bonds is 11. The van der Waals surface area contributed by atoms with E-state index in [0.717, 1.165) is 125 Å². The number of amides is 1. The van der Waals surface area contributed by atoms with E-state index in [4.69, 9.17) is 9.47 Å². The predicted octanol–water partition coefficient (Wildman–Crippen LogP) is 5.44. The number of hydrogen-bond donors (Lipinski definition) is 2. The van der Waals surface area contributed by atoms with E-state index in [1.54, 1.807) is 0 Å². The molecular weight excluding hydrogens is 614 g/mol. The van der Waals surface area contributed by atoms with Gasteiger partial charge in [0.25, 0.3) is 11.5 Å². The maximum atomic E-state index is 14.2. The number of aryl methyl sites for hydroxylation is 1. The van der Waals surface area contributed by atoms with Gasteiger partial charge in [-0.3, -0.25) is 19.4 Å². The smallest absolute Gasteiger partial charge is 0.253 e. The number of benzene rings is 2. The first kappa shape index (κ1) is 35.3. The molecule has 1 amide bonds.